The van der Waals surface area contributed by atoms with Crippen LogP contribution in [0.2, 0.25) is 0 Å². The number of fused-ring (bicyclic) bond motifs is 1. The second-order valence-corrected chi connectivity index (χ2v) is 8.83. The zero-order valence-electron chi connectivity index (χ0n) is 15.9. The zero-order chi connectivity index (χ0) is 20.3. The smallest absolute Gasteiger partial charge is 0.253 e. The number of nitrogens with zero attached hydrogens (tertiary/aromatic N) is 2. The Morgan fingerprint density at radius 3 is 2.17 bits per heavy atom. The third-order valence-electron chi connectivity index (χ3n) is 5.11. The highest BCUT2D eigenvalue weighted by Gasteiger charge is 2.27. The highest BCUT2D eigenvalue weighted by molar-refractivity contribution is 7.92. The highest BCUT2D eigenvalue weighted by Crippen LogP contribution is 2.18. The van der Waals surface area contributed by atoms with Gasteiger partial charge in [-0.05, 0) is 34.5 Å². The van der Waals surface area contributed by atoms with Crippen LogP contribution in [0.5, 0.6) is 0 Å². The number of hydrogen-bond acceptors (Lipinski definition) is 3. The molecule has 0 radical (unpaired) electrons. The van der Waals surface area contributed by atoms with E-state index in [0.717, 1.165) is 16.3 Å². The summed E-state index contributed by atoms with van der Waals surface area (Å²) in [7, 11) is -3.51. The first-order chi connectivity index (χ1) is 14.0. The molecule has 3 aromatic carbocycles. The van der Waals surface area contributed by atoms with Crippen molar-refractivity contribution in [3.8, 4) is 0 Å². The molecule has 6 heteroatoms. The van der Waals surface area contributed by atoms with Gasteiger partial charge in [0, 0.05) is 37.2 Å². The molecule has 1 aliphatic heterocycles. The molecule has 4 rings (SSSR count). The lowest BCUT2D eigenvalue weighted by atomic mass is 10.1. The maximum absolute atomic E-state index is 12.9. The van der Waals surface area contributed by atoms with Gasteiger partial charge in [0.1, 0.15) is 0 Å². The molecule has 0 spiro atoms. The second kappa shape index (κ2) is 8.19. The van der Waals surface area contributed by atoms with Crippen LogP contribution < -0.4 is 0 Å². The van der Waals surface area contributed by atoms with Crippen molar-refractivity contribution in [1.29, 1.82) is 0 Å². The molecule has 0 unspecified atom stereocenters. The first-order valence-electron chi connectivity index (χ1n) is 9.54. The lowest BCUT2D eigenvalue weighted by molar-refractivity contribution is 0.0699. The van der Waals surface area contributed by atoms with Gasteiger partial charge in [-0.1, -0.05) is 60.7 Å². The summed E-state index contributed by atoms with van der Waals surface area (Å²) in [6.45, 7) is 1.34. The van der Waals surface area contributed by atoms with Gasteiger partial charge in [-0.25, -0.2) is 8.42 Å². The number of piperazine rings is 1. The topological polar surface area (TPSA) is 57.7 Å². The molecule has 0 aromatic heterocycles. The third kappa shape index (κ3) is 4.39. The Morgan fingerprint density at radius 1 is 0.793 bits per heavy atom. The lowest BCUT2D eigenvalue weighted by Gasteiger charge is -2.33. The number of benzene rings is 3. The summed E-state index contributed by atoms with van der Waals surface area (Å²) >= 11 is 0. The molecule has 29 heavy (non-hydrogen) atoms. The van der Waals surface area contributed by atoms with Gasteiger partial charge in [-0.3, -0.25) is 4.79 Å². The highest BCUT2D eigenvalue weighted by atomic mass is 32.2. The summed E-state index contributed by atoms with van der Waals surface area (Å²) in [6.07, 6.45) is 1.60. The first-order valence-corrected chi connectivity index (χ1v) is 11.0. The average molecular weight is 407 g/mol. The number of rotatable bonds is 4. The summed E-state index contributed by atoms with van der Waals surface area (Å²) in [5, 5.41) is 3.35. The van der Waals surface area contributed by atoms with Crippen molar-refractivity contribution in [2.24, 2.45) is 0 Å². The Bertz CT molecular complexity index is 1150. The maximum atomic E-state index is 12.9. The van der Waals surface area contributed by atoms with E-state index in [-0.39, 0.29) is 5.91 Å². The number of carbonyl (C=O) groups is 1. The largest absolute Gasteiger partial charge is 0.336 e. The van der Waals surface area contributed by atoms with Crippen molar-refractivity contribution in [3.63, 3.8) is 0 Å². The van der Waals surface area contributed by atoms with E-state index in [9.17, 15) is 13.2 Å². The first kappa shape index (κ1) is 19.4. The monoisotopic (exact) mass is 406 g/mol. The molecular formula is C23H22N2O3S. The van der Waals surface area contributed by atoms with Crippen molar-refractivity contribution in [2.75, 3.05) is 26.2 Å². The van der Waals surface area contributed by atoms with Crippen LogP contribution in [0.1, 0.15) is 15.9 Å². The van der Waals surface area contributed by atoms with Gasteiger partial charge in [0.2, 0.25) is 10.0 Å². The molecule has 1 saturated heterocycles. The SMILES string of the molecule is O=C(c1ccc2ccccc2c1)N1CCN(S(=O)(=O)C=Cc2ccccc2)CC1. The molecule has 1 fully saturated rings. The number of carbonyl (C=O) groups excluding carboxylic acids is 1. The van der Waals surface area contributed by atoms with Crippen molar-refractivity contribution in [1.82, 2.24) is 9.21 Å². The number of sulfonamides is 1. The normalized spacial score (nSPS) is 15.8. The van der Waals surface area contributed by atoms with Gasteiger partial charge in [0.15, 0.2) is 0 Å². The Balaban J connectivity index is 1.41. The van der Waals surface area contributed by atoms with Crippen LogP contribution in [0.25, 0.3) is 16.8 Å². The van der Waals surface area contributed by atoms with Gasteiger partial charge in [-0.15, -0.1) is 0 Å². The van der Waals surface area contributed by atoms with Crippen LogP contribution in [0.15, 0.2) is 78.2 Å². The molecule has 1 aliphatic rings. The lowest BCUT2D eigenvalue weighted by Crippen LogP contribution is -2.50. The van der Waals surface area contributed by atoms with Crippen LogP contribution in [-0.2, 0) is 10.0 Å². The molecule has 1 heterocycles. The minimum Gasteiger partial charge on any atom is -0.336 e. The van der Waals surface area contributed by atoms with Crippen molar-refractivity contribution in [2.45, 2.75) is 0 Å². The summed E-state index contributed by atoms with van der Waals surface area (Å²) in [5.74, 6) is -0.0624. The van der Waals surface area contributed by atoms with E-state index in [1.54, 1.807) is 11.0 Å². The second-order valence-electron chi connectivity index (χ2n) is 7.01. The zero-order valence-corrected chi connectivity index (χ0v) is 16.8. The Kier molecular flexibility index (Phi) is 5.47. The molecule has 0 atom stereocenters. The molecular weight excluding hydrogens is 384 g/mol. The summed E-state index contributed by atoms with van der Waals surface area (Å²) in [6, 6.07) is 22.9. The standard InChI is InChI=1S/C23H22N2O3S/c26-23(22-11-10-20-8-4-5-9-21(20)18-22)24-13-15-25(16-14-24)29(27,28)17-12-19-6-2-1-3-7-19/h1-12,17-18H,13-16H2. The van der Waals surface area contributed by atoms with Crippen LogP contribution in [0, 0.1) is 0 Å². The van der Waals surface area contributed by atoms with Gasteiger partial charge in [-0.2, -0.15) is 4.31 Å². The van der Waals surface area contributed by atoms with E-state index in [1.165, 1.54) is 9.71 Å². The predicted molar refractivity (Wildman–Crippen MR) is 116 cm³/mol. The Hall–Kier alpha value is -2.96. The van der Waals surface area contributed by atoms with Crippen LogP contribution >= 0.6 is 0 Å². The molecule has 148 valence electrons. The fourth-order valence-electron chi connectivity index (χ4n) is 3.47. The van der Waals surface area contributed by atoms with E-state index >= 15 is 0 Å². The molecule has 0 saturated carbocycles. The van der Waals surface area contributed by atoms with E-state index < -0.39 is 10.0 Å². The third-order valence-corrected chi connectivity index (χ3v) is 6.68. The quantitative estimate of drug-likeness (QED) is 0.665. The number of amides is 1. The summed E-state index contributed by atoms with van der Waals surface area (Å²) < 4.78 is 26.6. The minimum absolute atomic E-state index is 0.0624. The van der Waals surface area contributed by atoms with Gasteiger partial charge in [0.25, 0.3) is 5.91 Å². The molecule has 0 aliphatic carbocycles. The minimum atomic E-state index is -3.51. The van der Waals surface area contributed by atoms with Crippen molar-refractivity contribution >= 4 is 32.8 Å². The van der Waals surface area contributed by atoms with Crippen LogP contribution in [-0.4, -0.2) is 49.7 Å². The average Bonchev–Trinajstić information content (AvgIpc) is 2.78. The molecule has 0 bridgehead atoms. The van der Waals surface area contributed by atoms with Crippen LogP contribution in [0.3, 0.4) is 0 Å². The summed E-state index contributed by atoms with van der Waals surface area (Å²) in [5.41, 5.74) is 1.46. The Labute approximate surface area is 170 Å². The fourth-order valence-corrected chi connectivity index (χ4v) is 4.64. The van der Waals surface area contributed by atoms with Crippen molar-refractivity contribution < 1.29 is 13.2 Å². The molecule has 3 aromatic rings. The van der Waals surface area contributed by atoms with Gasteiger partial charge in [0.05, 0.1) is 0 Å². The fraction of sp³-hybridized carbons (Fsp3) is 0.174. The predicted octanol–water partition coefficient (Wildman–Crippen LogP) is 3.60. The van der Waals surface area contributed by atoms with E-state index in [1.807, 2.05) is 72.8 Å². The van der Waals surface area contributed by atoms with Gasteiger partial charge < -0.3 is 4.90 Å². The van der Waals surface area contributed by atoms with Crippen molar-refractivity contribution in [3.05, 3.63) is 89.3 Å². The molecule has 5 nitrogen and oxygen atoms in total. The molecule has 0 N–H and O–H groups in total. The summed E-state index contributed by atoms with van der Waals surface area (Å²) in [4.78, 5) is 14.6. The Morgan fingerprint density at radius 2 is 1.45 bits per heavy atom. The van der Waals surface area contributed by atoms with Gasteiger partial charge >= 0.3 is 0 Å². The maximum Gasteiger partial charge on any atom is 0.253 e. The van der Waals surface area contributed by atoms with E-state index in [4.69, 9.17) is 0 Å². The van der Waals surface area contributed by atoms with Crippen LogP contribution in [0.4, 0.5) is 0 Å². The van der Waals surface area contributed by atoms with E-state index in [0.29, 0.717) is 31.7 Å². The molecule has 1 amide bonds. The van der Waals surface area contributed by atoms with E-state index in [2.05, 4.69) is 0 Å². The number of hydrogen-bond donors (Lipinski definition) is 0.